The largest absolute Gasteiger partial charge is 0.494 e. The lowest BCUT2D eigenvalue weighted by molar-refractivity contribution is -0.146. The van der Waals surface area contributed by atoms with Crippen LogP contribution in [0, 0.1) is 0 Å². The number of carbonyl (C=O) groups excluding carboxylic acids is 1. The van der Waals surface area contributed by atoms with Crippen LogP contribution in [0.25, 0.3) is 0 Å². The number of carbonyl (C=O) groups is 1. The van der Waals surface area contributed by atoms with Gasteiger partial charge < -0.3 is 19.8 Å². The van der Waals surface area contributed by atoms with Crippen LogP contribution < -0.4 is 11.2 Å². The SMILES string of the molecule is N[C@@H](Cc1ccc(B2OC(c3ccccc3)CC(c3ccccc3)O2)cc1)C(=O)OCc1ccccc1. The van der Waals surface area contributed by atoms with Crippen LogP contribution in [0.5, 0.6) is 0 Å². The van der Waals surface area contributed by atoms with E-state index in [9.17, 15) is 4.79 Å². The van der Waals surface area contributed by atoms with Crippen molar-refractivity contribution in [2.45, 2.75) is 37.7 Å². The maximum absolute atomic E-state index is 12.4. The van der Waals surface area contributed by atoms with E-state index in [0.717, 1.165) is 34.1 Å². The minimum absolute atomic E-state index is 0.0855. The summed E-state index contributed by atoms with van der Waals surface area (Å²) >= 11 is 0. The summed E-state index contributed by atoms with van der Waals surface area (Å²) in [6, 6.07) is 37.3. The Labute approximate surface area is 218 Å². The molecule has 5 nitrogen and oxygen atoms in total. The number of hydrogen-bond donors (Lipinski definition) is 1. The Kier molecular flexibility index (Phi) is 8.11. The summed E-state index contributed by atoms with van der Waals surface area (Å²) in [6.07, 6.45) is 0.956. The Morgan fingerprint density at radius 1 is 0.757 bits per heavy atom. The first-order valence-electron chi connectivity index (χ1n) is 12.6. The predicted octanol–water partition coefficient (Wildman–Crippen LogP) is 4.91. The summed E-state index contributed by atoms with van der Waals surface area (Å²) in [5.41, 5.74) is 11.2. The van der Waals surface area contributed by atoms with E-state index in [2.05, 4.69) is 24.3 Å². The predicted molar refractivity (Wildman–Crippen MR) is 145 cm³/mol. The molecule has 0 aliphatic carbocycles. The lowest BCUT2D eigenvalue weighted by atomic mass is 9.75. The van der Waals surface area contributed by atoms with Crippen molar-refractivity contribution in [2.24, 2.45) is 5.73 Å². The number of ether oxygens (including phenoxy) is 1. The minimum atomic E-state index is -0.735. The standard InChI is InChI=1S/C31H30BNO4/c33-28(31(34)35-22-24-10-4-1-5-11-24)20-23-16-18-27(19-17-23)32-36-29(25-12-6-2-7-13-25)21-30(37-32)26-14-8-3-9-15-26/h1-19,28-30H,20-22,33H2/t28-,29?,30?/m0/s1. The summed E-state index contributed by atoms with van der Waals surface area (Å²) in [6.45, 7) is 0.216. The number of nitrogens with two attached hydrogens (primary N) is 1. The summed E-state index contributed by atoms with van der Waals surface area (Å²) in [5.74, 6) is -0.414. The second kappa shape index (κ2) is 12.0. The van der Waals surface area contributed by atoms with E-state index >= 15 is 0 Å². The Bertz CT molecular complexity index is 1220. The van der Waals surface area contributed by atoms with Gasteiger partial charge in [0.2, 0.25) is 0 Å². The van der Waals surface area contributed by atoms with Gasteiger partial charge in [0.05, 0.1) is 12.2 Å². The molecule has 0 amide bonds. The van der Waals surface area contributed by atoms with Crippen molar-refractivity contribution in [3.8, 4) is 0 Å². The average molecular weight is 491 g/mol. The first-order chi connectivity index (χ1) is 18.2. The molecule has 1 aliphatic rings. The molecule has 0 spiro atoms. The van der Waals surface area contributed by atoms with Crippen LogP contribution in [0.1, 0.15) is 40.9 Å². The van der Waals surface area contributed by atoms with E-state index in [4.69, 9.17) is 19.8 Å². The Hall–Kier alpha value is -3.71. The molecule has 3 atom stereocenters. The van der Waals surface area contributed by atoms with E-state index in [1.54, 1.807) is 0 Å². The van der Waals surface area contributed by atoms with Gasteiger partial charge in [-0.05, 0) is 34.1 Å². The summed E-state index contributed by atoms with van der Waals surface area (Å²) in [4.78, 5) is 12.4. The molecule has 186 valence electrons. The van der Waals surface area contributed by atoms with Crippen LogP contribution >= 0.6 is 0 Å². The normalized spacial score (nSPS) is 18.2. The maximum atomic E-state index is 12.4. The Balaban J connectivity index is 1.25. The molecule has 5 rings (SSSR count). The van der Waals surface area contributed by atoms with E-state index in [1.807, 2.05) is 91.0 Å². The first-order valence-corrected chi connectivity index (χ1v) is 12.6. The van der Waals surface area contributed by atoms with Gasteiger partial charge in [0.25, 0.3) is 0 Å². The molecule has 4 aromatic rings. The molecule has 1 fully saturated rings. The highest BCUT2D eigenvalue weighted by Crippen LogP contribution is 2.37. The number of rotatable bonds is 8. The third kappa shape index (κ3) is 6.55. The zero-order valence-corrected chi connectivity index (χ0v) is 20.6. The molecule has 0 bridgehead atoms. The summed E-state index contributed by atoms with van der Waals surface area (Å²) < 4.78 is 18.2. The van der Waals surface area contributed by atoms with Gasteiger partial charge in [-0.1, -0.05) is 115 Å². The molecule has 4 aromatic carbocycles. The molecule has 0 radical (unpaired) electrons. The first kappa shape index (κ1) is 25.0. The van der Waals surface area contributed by atoms with Crippen molar-refractivity contribution < 1.29 is 18.8 Å². The van der Waals surface area contributed by atoms with Crippen molar-refractivity contribution >= 4 is 18.6 Å². The fourth-order valence-electron chi connectivity index (χ4n) is 4.54. The van der Waals surface area contributed by atoms with E-state index in [0.29, 0.717) is 6.42 Å². The number of benzene rings is 4. The molecule has 1 aliphatic heterocycles. The maximum Gasteiger partial charge on any atom is 0.494 e. The lowest BCUT2D eigenvalue weighted by Crippen LogP contribution is -2.43. The van der Waals surface area contributed by atoms with Gasteiger partial charge in [0, 0.05) is 6.42 Å². The highest BCUT2D eigenvalue weighted by molar-refractivity contribution is 6.61. The van der Waals surface area contributed by atoms with Crippen molar-refractivity contribution in [3.05, 3.63) is 138 Å². The third-order valence-electron chi connectivity index (χ3n) is 6.58. The van der Waals surface area contributed by atoms with Gasteiger partial charge in [-0.15, -0.1) is 0 Å². The quantitative estimate of drug-likeness (QED) is 0.280. The molecule has 2 N–H and O–H groups in total. The van der Waals surface area contributed by atoms with Crippen molar-refractivity contribution in [1.29, 1.82) is 0 Å². The Morgan fingerprint density at radius 3 is 1.81 bits per heavy atom. The molecule has 6 heteroatoms. The molecule has 0 aromatic heterocycles. The second-order valence-electron chi connectivity index (χ2n) is 9.28. The monoisotopic (exact) mass is 491 g/mol. The molecular weight excluding hydrogens is 461 g/mol. The fraction of sp³-hybridized carbons (Fsp3) is 0.194. The number of hydrogen-bond acceptors (Lipinski definition) is 5. The van der Waals surface area contributed by atoms with Gasteiger partial charge in [-0.25, -0.2) is 0 Å². The Morgan fingerprint density at radius 2 is 1.27 bits per heavy atom. The molecular formula is C31H30BNO4. The topological polar surface area (TPSA) is 70.8 Å². The zero-order chi connectivity index (χ0) is 25.5. The minimum Gasteiger partial charge on any atom is -0.460 e. The molecule has 1 saturated heterocycles. The van der Waals surface area contributed by atoms with Crippen LogP contribution in [0.4, 0.5) is 0 Å². The van der Waals surface area contributed by atoms with Gasteiger partial charge >= 0.3 is 13.1 Å². The van der Waals surface area contributed by atoms with E-state index in [1.165, 1.54) is 0 Å². The highest BCUT2D eigenvalue weighted by Gasteiger charge is 2.36. The van der Waals surface area contributed by atoms with Crippen molar-refractivity contribution in [2.75, 3.05) is 0 Å². The van der Waals surface area contributed by atoms with E-state index < -0.39 is 19.1 Å². The molecule has 1 heterocycles. The van der Waals surface area contributed by atoms with Gasteiger partial charge in [-0.2, -0.15) is 0 Å². The lowest BCUT2D eigenvalue weighted by Gasteiger charge is -2.35. The van der Waals surface area contributed by atoms with Gasteiger partial charge in [0.15, 0.2) is 0 Å². The van der Waals surface area contributed by atoms with Crippen LogP contribution in [-0.4, -0.2) is 19.1 Å². The second-order valence-corrected chi connectivity index (χ2v) is 9.28. The van der Waals surface area contributed by atoms with Crippen molar-refractivity contribution in [1.82, 2.24) is 0 Å². The smallest absolute Gasteiger partial charge is 0.460 e. The van der Waals surface area contributed by atoms with Gasteiger partial charge in [0.1, 0.15) is 12.6 Å². The highest BCUT2D eigenvalue weighted by atomic mass is 16.6. The summed E-state index contributed by atoms with van der Waals surface area (Å²) in [7, 11) is -0.511. The average Bonchev–Trinajstić information content (AvgIpc) is 2.97. The van der Waals surface area contributed by atoms with E-state index in [-0.39, 0.29) is 18.8 Å². The molecule has 0 saturated carbocycles. The molecule has 2 unspecified atom stereocenters. The van der Waals surface area contributed by atoms with Crippen LogP contribution in [0.15, 0.2) is 115 Å². The zero-order valence-electron chi connectivity index (χ0n) is 20.6. The summed E-state index contributed by atoms with van der Waals surface area (Å²) in [5, 5.41) is 0. The van der Waals surface area contributed by atoms with Crippen LogP contribution in [0.2, 0.25) is 0 Å². The van der Waals surface area contributed by atoms with Crippen LogP contribution in [-0.2, 0) is 31.9 Å². The van der Waals surface area contributed by atoms with Crippen LogP contribution in [0.3, 0.4) is 0 Å². The fourth-order valence-corrected chi connectivity index (χ4v) is 4.54. The molecule has 37 heavy (non-hydrogen) atoms. The van der Waals surface area contributed by atoms with Gasteiger partial charge in [-0.3, -0.25) is 4.79 Å². The number of esters is 1. The third-order valence-corrected chi connectivity index (χ3v) is 6.58. The van der Waals surface area contributed by atoms with Crippen molar-refractivity contribution in [3.63, 3.8) is 0 Å².